The average molecular weight is 570 g/mol. The summed E-state index contributed by atoms with van der Waals surface area (Å²) in [5, 5.41) is 11.9. The average Bonchev–Trinajstić information content (AvgIpc) is 3.14. The predicted octanol–water partition coefficient (Wildman–Crippen LogP) is 5.36. The zero-order valence-electron chi connectivity index (χ0n) is 19.1. The van der Waals surface area contributed by atoms with Crippen molar-refractivity contribution in [1.82, 2.24) is 0 Å². The van der Waals surface area contributed by atoms with E-state index in [4.69, 9.17) is 39.9 Å². The SMILES string of the molecule is O=C(O)/C=C/C(=O)Nc1cccc(C(=O)C2C(=O)C(=O)N3c4cccc(Cl)c4-c4cc(Cl)c(Cl)cc4C23)c1. The number of carbonyl (C=O) groups is 5. The third kappa shape index (κ3) is 4.26. The third-order valence-electron chi connectivity index (χ3n) is 6.31. The number of rotatable bonds is 5. The lowest BCUT2D eigenvalue weighted by atomic mass is 9.81. The maximum Gasteiger partial charge on any atom is 0.328 e. The van der Waals surface area contributed by atoms with Crippen LogP contribution in [0.15, 0.2) is 66.7 Å². The standard InChI is InChI=1S/C27H15Cl3N2O6/c28-16-5-2-6-19-22(16)14-10-17(29)18(30)11-15(14)24-23(26(37)27(38)32(19)24)25(36)12-3-1-4-13(9-12)31-20(33)7-8-21(34)35/h1-11,23-24H,(H,31,33)(H,34,35)/b8-7+. The van der Waals surface area contributed by atoms with Crippen molar-refractivity contribution < 1.29 is 29.1 Å². The number of ketones is 2. The highest BCUT2D eigenvalue weighted by atomic mass is 35.5. The van der Waals surface area contributed by atoms with Gasteiger partial charge >= 0.3 is 5.97 Å². The molecule has 5 rings (SSSR count). The van der Waals surface area contributed by atoms with Crippen LogP contribution in [-0.4, -0.2) is 34.5 Å². The summed E-state index contributed by atoms with van der Waals surface area (Å²) >= 11 is 19.1. The Morgan fingerprint density at radius 3 is 2.34 bits per heavy atom. The van der Waals surface area contributed by atoms with Crippen LogP contribution >= 0.6 is 34.8 Å². The highest BCUT2D eigenvalue weighted by Gasteiger charge is 2.55. The molecule has 0 radical (unpaired) electrons. The van der Waals surface area contributed by atoms with Crippen LogP contribution in [0.2, 0.25) is 15.1 Å². The summed E-state index contributed by atoms with van der Waals surface area (Å²) in [5.41, 5.74) is 2.12. The lowest BCUT2D eigenvalue weighted by Crippen LogP contribution is -2.34. The Balaban J connectivity index is 1.59. The molecule has 38 heavy (non-hydrogen) atoms. The van der Waals surface area contributed by atoms with Crippen molar-refractivity contribution in [1.29, 1.82) is 0 Å². The van der Waals surface area contributed by atoms with Gasteiger partial charge in [0.05, 0.1) is 26.8 Å². The number of halogens is 3. The van der Waals surface area contributed by atoms with Gasteiger partial charge < -0.3 is 10.4 Å². The van der Waals surface area contributed by atoms with Crippen LogP contribution in [0.4, 0.5) is 11.4 Å². The summed E-state index contributed by atoms with van der Waals surface area (Å²) < 4.78 is 0. The van der Waals surface area contributed by atoms with E-state index in [1.165, 1.54) is 35.2 Å². The summed E-state index contributed by atoms with van der Waals surface area (Å²) in [7, 11) is 0. The van der Waals surface area contributed by atoms with Gasteiger partial charge in [0.25, 0.3) is 5.91 Å². The van der Waals surface area contributed by atoms with Crippen LogP contribution in [0.3, 0.4) is 0 Å². The molecule has 2 N–H and O–H groups in total. The number of nitrogens with one attached hydrogen (secondary N) is 1. The van der Waals surface area contributed by atoms with Crippen LogP contribution in [0.1, 0.15) is 22.0 Å². The molecule has 190 valence electrons. The van der Waals surface area contributed by atoms with E-state index < -0.39 is 41.3 Å². The van der Waals surface area contributed by atoms with E-state index in [-0.39, 0.29) is 21.3 Å². The smallest absolute Gasteiger partial charge is 0.328 e. The molecule has 2 unspecified atom stereocenters. The number of carboxylic acids is 1. The third-order valence-corrected chi connectivity index (χ3v) is 7.35. The molecular formula is C27H15Cl3N2O6. The molecule has 0 aliphatic carbocycles. The topological polar surface area (TPSA) is 121 Å². The van der Waals surface area contributed by atoms with Crippen LogP contribution in [-0.2, 0) is 19.2 Å². The van der Waals surface area contributed by atoms with Crippen LogP contribution in [0.25, 0.3) is 11.1 Å². The van der Waals surface area contributed by atoms with Crippen LogP contribution < -0.4 is 10.2 Å². The number of benzene rings is 3. The van der Waals surface area contributed by atoms with Gasteiger partial charge in [-0.15, -0.1) is 0 Å². The number of Topliss-reactive ketones (excluding diaryl/α,β-unsaturated/α-hetero) is 2. The minimum atomic E-state index is -1.41. The molecule has 0 spiro atoms. The fraction of sp³-hybridized carbons (Fsp3) is 0.0741. The monoisotopic (exact) mass is 568 g/mol. The second-order valence-corrected chi connectivity index (χ2v) is 9.78. The van der Waals surface area contributed by atoms with E-state index in [0.29, 0.717) is 33.5 Å². The first-order valence-electron chi connectivity index (χ1n) is 11.1. The van der Waals surface area contributed by atoms with Crippen molar-refractivity contribution in [2.45, 2.75) is 6.04 Å². The fourth-order valence-corrected chi connectivity index (χ4v) is 5.38. The number of hydrogen-bond acceptors (Lipinski definition) is 5. The van der Waals surface area contributed by atoms with E-state index in [2.05, 4.69) is 5.32 Å². The molecule has 11 heteroatoms. The Kier molecular flexibility index (Phi) is 6.56. The Morgan fingerprint density at radius 2 is 1.61 bits per heavy atom. The lowest BCUT2D eigenvalue weighted by molar-refractivity contribution is -0.135. The first-order valence-corrected chi connectivity index (χ1v) is 12.2. The van der Waals surface area contributed by atoms with Gasteiger partial charge in [-0.3, -0.25) is 24.1 Å². The molecule has 3 aromatic rings. The van der Waals surface area contributed by atoms with Crippen molar-refractivity contribution >= 4 is 75.5 Å². The van der Waals surface area contributed by atoms with E-state index in [0.717, 1.165) is 6.08 Å². The molecule has 3 aromatic carbocycles. The van der Waals surface area contributed by atoms with Gasteiger partial charge in [-0.1, -0.05) is 53.0 Å². The van der Waals surface area contributed by atoms with Crippen LogP contribution in [0.5, 0.6) is 0 Å². The molecule has 2 atom stereocenters. The van der Waals surface area contributed by atoms with Gasteiger partial charge in [0.1, 0.15) is 5.92 Å². The Labute approximate surface area is 230 Å². The number of aliphatic carboxylic acids is 1. The van der Waals surface area contributed by atoms with Crippen molar-refractivity contribution in [3.8, 4) is 11.1 Å². The molecule has 1 saturated heterocycles. The number of nitrogens with zero attached hydrogens (tertiary/aromatic N) is 1. The largest absolute Gasteiger partial charge is 0.478 e. The Bertz CT molecular complexity index is 1620. The summed E-state index contributed by atoms with van der Waals surface area (Å²) in [5.74, 6) is -5.84. The second kappa shape index (κ2) is 9.72. The zero-order valence-corrected chi connectivity index (χ0v) is 21.3. The van der Waals surface area contributed by atoms with Gasteiger partial charge in [-0.05, 0) is 47.5 Å². The molecule has 0 saturated carbocycles. The molecule has 2 aliphatic rings. The molecule has 2 heterocycles. The lowest BCUT2D eigenvalue weighted by Gasteiger charge is -2.35. The molecule has 1 fully saturated rings. The fourth-order valence-electron chi connectivity index (χ4n) is 4.78. The Morgan fingerprint density at radius 1 is 0.895 bits per heavy atom. The zero-order chi connectivity index (χ0) is 27.3. The summed E-state index contributed by atoms with van der Waals surface area (Å²) in [4.78, 5) is 64.3. The highest BCUT2D eigenvalue weighted by Crippen LogP contribution is 2.54. The maximum absolute atomic E-state index is 13.8. The molecule has 2 amide bonds. The van der Waals surface area contributed by atoms with Crippen molar-refractivity contribution in [2.75, 3.05) is 10.2 Å². The summed E-state index contributed by atoms with van der Waals surface area (Å²) in [6.45, 7) is 0. The minimum Gasteiger partial charge on any atom is -0.478 e. The molecule has 8 nitrogen and oxygen atoms in total. The van der Waals surface area contributed by atoms with Gasteiger partial charge in [0, 0.05) is 29.0 Å². The molecule has 0 bridgehead atoms. The van der Waals surface area contributed by atoms with Crippen molar-refractivity contribution in [3.05, 3.63) is 92.9 Å². The van der Waals surface area contributed by atoms with Gasteiger partial charge in [-0.25, -0.2) is 4.79 Å². The van der Waals surface area contributed by atoms with Gasteiger partial charge in [0.2, 0.25) is 11.7 Å². The van der Waals surface area contributed by atoms with E-state index in [9.17, 15) is 24.0 Å². The number of carboxylic acid groups (broad SMARTS) is 1. The van der Waals surface area contributed by atoms with E-state index in [1.54, 1.807) is 24.3 Å². The van der Waals surface area contributed by atoms with Gasteiger partial charge in [-0.2, -0.15) is 0 Å². The van der Waals surface area contributed by atoms with Gasteiger partial charge in [0.15, 0.2) is 5.78 Å². The number of fused-ring (bicyclic) bond motifs is 6. The van der Waals surface area contributed by atoms with Crippen molar-refractivity contribution in [3.63, 3.8) is 0 Å². The highest BCUT2D eigenvalue weighted by molar-refractivity contribution is 6.50. The van der Waals surface area contributed by atoms with Crippen molar-refractivity contribution in [2.24, 2.45) is 5.92 Å². The molecule has 0 aromatic heterocycles. The molecular weight excluding hydrogens is 555 g/mol. The number of carbonyl (C=O) groups excluding carboxylic acids is 4. The predicted molar refractivity (Wildman–Crippen MR) is 142 cm³/mol. The summed E-state index contributed by atoms with van der Waals surface area (Å²) in [6.07, 6.45) is 1.49. The second-order valence-electron chi connectivity index (χ2n) is 8.56. The normalized spacial score (nSPS) is 17.7. The molecule has 2 aliphatic heterocycles. The number of amides is 2. The quantitative estimate of drug-likeness (QED) is 0.185. The number of hydrogen-bond donors (Lipinski definition) is 2. The van der Waals surface area contributed by atoms with E-state index in [1.807, 2.05) is 0 Å². The minimum absolute atomic E-state index is 0.0662. The van der Waals surface area contributed by atoms with E-state index >= 15 is 0 Å². The summed E-state index contributed by atoms with van der Waals surface area (Å²) in [6, 6.07) is 12.8. The number of anilines is 2. The first-order chi connectivity index (χ1) is 18.1. The Hall–Kier alpha value is -3.98. The maximum atomic E-state index is 13.8. The van der Waals surface area contributed by atoms with Crippen LogP contribution in [0, 0.1) is 5.92 Å². The first kappa shape index (κ1) is 25.7.